The predicted octanol–water partition coefficient (Wildman–Crippen LogP) is 18.3. The van der Waals surface area contributed by atoms with E-state index in [0.717, 1.165) is 0 Å². The fraction of sp³-hybridized carbons (Fsp3) is 1.00. The first kappa shape index (κ1) is 50.0. The maximum absolute atomic E-state index is 6.45. The molecule has 0 saturated carbocycles. The Hall–Kier alpha value is -0.0400. The van der Waals surface area contributed by atoms with Crippen molar-refractivity contribution in [2.75, 3.05) is 0 Å². The summed E-state index contributed by atoms with van der Waals surface area (Å²) in [6, 6.07) is 0.463. The van der Waals surface area contributed by atoms with E-state index >= 15 is 0 Å². The van der Waals surface area contributed by atoms with Gasteiger partial charge in [-0.15, -0.1) is 0 Å². The van der Waals surface area contributed by atoms with Gasteiger partial charge in [0.05, 0.1) is 0 Å². The molecule has 0 aliphatic heterocycles. The summed E-state index contributed by atoms with van der Waals surface area (Å²) in [6.45, 7) is 4.62. The molecule has 2 N–H and O–H groups in total. The van der Waals surface area contributed by atoms with Crippen LogP contribution < -0.4 is 5.73 Å². The van der Waals surface area contributed by atoms with Gasteiger partial charge in [-0.05, 0) is 12.8 Å². The lowest BCUT2D eigenvalue weighted by atomic mass is 10.00. The maximum atomic E-state index is 6.45. The first-order valence-corrected chi connectivity index (χ1v) is 24.6. The summed E-state index contributed by atoms with van der Waals surface area (Å²) in [5.41, 5.74) is 6.45. The van der Waals surface area contributed by atoms with Crippen molar-refractivity contribution in [1.82, 2.24) is 0 Å². The Morgan fingerprint density at radius 1 is 0.200 bits per heavy atom. The lowest BCUT2D eigenvalue weighted by Crippen LogP contribution is -2.19. The standard InChI is InChI=1S/C49H101N/c1-3-5-7-9-11-13-15-17-19-21-23-25-27-29-31-33-35-37-39-41-43-45-47-49(50)48-46-44-42-40-38-36-34-32-30-28-26-24-22-20-18-16-14-12-10-8-6-4-2/h49H,3-48,50H2,1-2H3. The molecular formula is C49H101N. The maximum Gasteiger partial charge on any atom is 0.00388 e. The summed E-state index contributed by atoms with van der Waals surface area (Å²) in [6.07, 6.45) is 66.8. The van der Waals surface area contributed by atoms with Crippen LogP contribution in [0.2, 0.25) is 0 Å². The van der Waals surface area contributed by atoms with Gasteiger partial charge >= 0.3 is 0 Å². The lowest BCUT2D eigenvalue weighted by Gasteiger charge is -2.11. The molecule has 0 fully saturated rings. The van der Waals surface area contributed by atoms with Gasteiger partial charge in [0.25, 0.3) is 0 Å². The predicted molar refractivity (Wildman–Crippen MR) is 232 cm³/mol. The van der Waals surface area contributed by atoms with Crippen LogP contribution in [0.4, 0.5) is 0 Å². The van der Waals surface area contributed by atoms with E-state index in [9.17, 15) is 0 Å². The van der Waals surface area contributed by atoms with Gasteiger partial charge in [0, 0.05) is 6.04 Å². The molecule has 302 valence electrons. The van der Waals surface area contributed by atoms with Crippen molar-refractivity contribution in [2.45, 2.75) is 315 Å². The van der Waals surface area contributed by atoms with Crippen molar-refractivity contribution in [1.29, 1.82) is 0 Å². The number of rotatable bonds is 46. The van der Waals surface area contributed by atoms with Crippen LogP contribution in [0.15, 0.2) is 0 Å². The smallest absolute Gasteiger partial charge is 0.00388 e. The summed E-state index contributed by atoms with van der Waals surface area (Å²) in [5, 5.41) is 0. The second-order valence-electron chi connectivity index (χ2n) is 17.2. The van der Waals surface area contributed by atoms with Gasteiger partial charge in [-0.2, -0.15) is 0 Å². The van der Waals surface area contributed by atoms with Crippen molar-refractivity contribution in [2.24, 2.45) is 5.73 Å². The Balaban J connectivity index is 3.14. The molecular weight excluding hydrogens is 603 g/mol. The molecule has 50 heavy (non-hydrogen) atoms. The van der Waals surface area contributed by atoms with Crippen molar-refractivity contribution in [3.63, 3.8) is 0 Å². The average Bonchev–Trinajstić information content (AvgIpc) is 3.12. The molecule has 0 aromatic carbocycles. The van der Waals surface area contributed by atoms with E-state index in [4.69, 9.17) is 5.73 Å². The third-order valence-electron chi connectivity index (χ3n) is 11.9. The van der Waals surface area contributed by atoms with Crippen molar-refractivity contribution in [3.8, 4) is 0 Å². The molecule has 0 spiro atoms. The van der Waals surface area contributed by atoms with Gasteiger partial charge in [0.15, 0.2) is 0 Å². The summed E-state index contributed by atoms with van der Waals surface area (Å²) < 4.78 is 0. The molecule has 0 heterocycles. The Morgan fingerprint density at radius 3 is 0.460 bits per heavy atom. The molecule has 0 aromatic heterocycles. The summed E-state index contributed by atoms with van der Waals surface area (Å²) >= 11 is 0. The summed E-state index contributed by atoms with van der Waals surface area (Å²) in [7, 11) is 0. The Bertz CT molecular complexity index is 509. The average molecular weight is 704 g/mol. The van der Waals surface area contributed by atoms with Crippen LogP contribution in [0.25, 0.3) is 0 Å². The molecule has 0 amide bonds. The minimum Gasteiger partial charge on any atom is -0.328 e. The second-order valence-corrected chi connectivity index (χ2v) is 17.2. The van der Waals surface area contributed by atoms with Crippen LogP contribution in [0.1, 0.15) is 309 Å². The second kappa shape index (κ2) is 47.0. The van der Waals surface area contributed by atoms with Crippen LogP contribution in [0.3, 0.4) is 0 Å². The van der Waals surface area contributed by atoms with Crippen molar-refractivity contribution < 1.29 is 0 Å². The van der Waals surface area contributed by atoms with Gasteiger partial charge in [0.2, 0.25) is 0 Å². The van der Waals surface area contributed by atoms with E-state index in [0.29, 0.717) is 6.04 Å². The molecule has 1 nitrogen and oxygen atoms in total. The zero-order valence-electron chi connectivity index (χ0n) is 35.7. The van der Waals surface area contributed by atoms with E-state index in [2.05, 4.69) is 13.8 Å². The lowest BCUT2D eigenvalue weighted by molar-refractivity contribution is 0.477. The van der Waals surface area contributed by atoms with E-state index < -0.39 is 0 Å². The number of nitrogens with two attached hydrogens (primary N) is 1. The van der Waals surface area contributed by atoms with E-state index in [1.54, 1.807) is 0 Å². The molecule has 0 aromatic rings. The fourth-order valence-electron chi connectivity index (χ4n) is 8.17. The molecule has 0 aliphatic carbocycles. The monoisotopic (exact) mass is 704 g/mol. The minimum atomic E-state index is 0.463. The SMILES string of the molecule is CCCCCCCCCCCCCCCCCCCCCCCCC(N)CCCCCCCCCCCCCCCCCCCCCCCC. The normalized spacial score (nSPS) is 11.8. The quantitative estimate of drug-likeness (QED) is 0.0628. The highest BCUT2D eigenvalue weighted by molar-refractivity contribution is 4.62. The summed E-state index contributed by atoms with van der Waals surface area (Å²) in [5.74, 6) is 0. The molecule has 0 rings (SSSR count). The Labute approximate surface area is 320 Å². The molecule has 0 radical (unpaired) electrons. The van der Waals surface area contributed by atoms with Crippen LogP contribution in [0.5, 0.6) is 0 Å². The first-order chi connectivity index (χ1) is 24.8. The highest BCUT2D eigenvalue weighted by atomic mass is 14.6. The Morgan fingerprint density at radius 2 is 0.320 bits per heavy atom. The molecule has 0 bridgehead atoms. The van der Waals surface area contributed by atoms with Gasteiger partial charge in [-0.25, -0.2) is 0 Å². The number of unbranched alkanes of at least 4 members (excludes halogenated alkanes) is 42. The third-order valence-corrected chi connectivity index (χ3v) is 11.9. The molecule has 0 aliphatic rings. The van der Waals surface area contributed by atoms with Gasteiger partial charge in [-0.1, -0.05) is 296 Å². The van der Waals surface area contributed by atoms with Crippen LogP contribution >= 0.6 is 0 Å². The first-order valence-electron chi connectivity index (χ1n) is 24.6. The highest BCUT2D eigenvalue weighted by Crippen LogP contribution is 2.18. The van der Waals surface area contributed by atoms with Gasteiger partial charge in [0.1, 0.15) is 0 Å². The largest absolute Gasteiger partial charge is 0.328 e. The van der Waals surface area contributed by atoms with E-state index in [1.165, 1.54) is 295 Å². The van der Waals surface area contributed by atoms with Crippen LogP contribution in [-0.2, 0) is 0 Å². The highest BCUT2D eigenvalue weighted by Gasteiger charge is 2.03. The zero-order valence-corrected chi connectivity index (χ0v) is 35.7. The Kier molecular flexibility index (Phi) is 46.9. The minimum absolute atomic E-state index is 0.463. The van der Waals surface area contributed by atoms with E-state index in [1.807, 2.05) is 0 Å². The van der Waals surface area contributed by atoms with Gasteiger partial charge < -0.3 is 5.73 Å². The van der Waals surface area contributed by atoms with Crippen LogP contribution in [-0.4, -0.2) is 6.04 Å². The van der Waals surface area contributed by atoms with Gasteiger partial charge in [-0.3, -0.25) is 0 Å². The zero-order chi connectivity index (χ0) is 36.1. The van der Waals surface area contributed by atoms with Crippen LogP contribution in [0, 0.1) is 0 Å². The molecule has 0 unspecified atom stereocenters. The molecule has 0 saturated heterocycles. The molecule has 1 heteroatoms. The fourth-order valence-corrected chi connectivity index (χ4v) is 8.17. The molecule has 0 atom stereocenters. The number of hydrogen-bond acceptors (Lipinski definition) is 1. The van der Waals surface area contributed by atoms with Crippen molar-refractivity contribution >= 4 is 0 Å². The van der Waals surface area contributed by atoms with Crippen molar-refractivity contribution in [3.05, 3.63) is 0 Å². The number of hydrogen-bond donors (Lipinski definition) is 1. The summed E-state index contributed by atoms with van der Waals surface area (Å²) in [4.78, 5) is 0. The third kappa shape index (κ3) is 46.0. The van der Waals surface area contributed by atoms with E-state index in [-0.39, 0.29) is 0 Å². The topological polar surface area (TPSA) is 26.0 Å².